The molecule has 1 heterocycles. The summed E-state index contributed by atoms with van der Waals surface area (Å²) in [6.45, 7) is 15.6. The molecule has 0 saturated carbocycles. The molecule has 0 spiro atoms. The van der Waals surface area contributed by atoms with Crippen LogP contribution in [-0.4, -0.2) is 81.1 Å². The van der Waals surface area contributed by atoms with Crippen molar-refractivity contribution < 1.29 is 37.0 Å². The SMILES string of the molecule is CCC(=O)NC(c1ccc(CN(CC)C(C)(C)C)cc1)[C@@H](NC(=O)C[C@@H](NS(=O)(=O)c1ccc2cc(OC)ccc2c1)c1ccc2c(c1)OCO2)C(=O)N(C)C(C)C. The van der Waals surface area contributed by atoms with Gasteiger partial charge in [-0.15, -0.1) is 0 Å². The number of benzene rings is 4. The van der Waals surface area contributed by atoms with Crippen LogP contribution in [0.15, 0.2) is 83.8 Å². The normalized spacial score (nSPS) is 14.3. The second kappa shape index (κ2) is 18.6. The largest absolute Gasteiger partial charge is 0.497 e. The number of amides is 3. The Morgan fingerprint density at radius 3 is 2.12 bits per heavy atom. The first-order valence-corrected chi connectivity index (χ1v) is 21.1. The van der Waals surface area contributed by atoms with Crippen molar-refractivity contribution in [3.8, 4) is 17.2 Å². The van der Waals surface area contributed by atoms with Crippen LogP contribution in [0.4, 0.5) is 0 Å². The minimum Gasteiger partial charge on any atom is -0.497 e. The van der Waals surface area contributed by atoms with Crippen LogP contribution in [0.1, 0.15) is 90.1 Å². The van der Waals surface area contributed by atoms with E-state index in [0.717, 1.165) is 17.5 Å². The molecule has 4 aromatic rings. The molecule has 0 bridgehead atoms. The number of nitrogens with zero attached hydrogens (tertiary/aromatic N) is 2. The molecule has 1 aliphatic heterocycles. The molecule has 3 atom stereocenters. The van der Waals surface area contributed by atoms with Crippen molar-refractivity contribution in [2.45, 2.75) is 102 Å². The van der Waals surface area contributed by atoms with Gasteiger partial charge in [0.1, 0.15) is 11.8 Å². The number of methoxy groups -OCH3 is 1. The highest BCUT2D eigenvalue weighted by Crippen LogP contribution is 2.36. The van der Waals surface area contributed by atoms with Gasteiger partial charge in [-0.1, -0.05) is 56.3 Å². The lowest BCUT2D eigenvalue weighted by Gasteiger charge is -2.35. The molecule has 0 aromatic heterocycles. The average Bonchev–Trinajstić information content (AvgIpc) is 3.68. The zero-order valence-corrected chi connectivity index (χ0v) is 35.7. The quantitative estimate of drug-likeness (QED) is 0.113. The monoisotopic (exact) mass is 815 g/mol. The van der Waals surface area contributed by atoms with Crippen molar-refractivity contribution in [3.05, 3.63) is 95.6 Å². The number of carbonyl (C=O) groups excluding carboxylic acids is 3. The minimum atomic E-state index is -4.22. The van der Waals surface area contributed by atoms with E-state index in [4.69, 9.17) is 14.2 Å². The summed E-state index contributed by atoms with van der Waals surface area (Å²) in [6, 6.07) is 19.2. The van der Waals surface area contributed by atoms with Gasteiger partial charge in [0, 0.05) is 38.0 Å². The summed E-state index contributed by atoms with van der Waals surface area (Å²) in [4.78, 5) is 45.6. The highest BCUT2D eigenvalue weighted by molar-refractivity contribution is 7.89. The number of ether oxygens (including phenoxy) is 3. The van der Waals surface area contributed by atoms with Crippen molar-refractivity contribution in [1.82, 2.24) is 25.2 Å². The number of rotatable bonds is 17. The molecule has 3 amide bonds. The molecule has 1 aliphatic rings. The first kappa shape index (κ1) is 43.9. The summed E-state index contributed by atoms with van der Waals surface area (Å²) < 4.78 is 47.3. The van der Waals surface area contributed by atoms with Crippen LogP contribution in [0.3, 0.4) is 0 Å². The number of nitrogens with one attached hydrogen (secondary N) is 3. The Morgan fingerprint density at radius 2 is 1.48 bits per heavy atom. The number of hydrogen-bond donors (Lipinski definition) is 3. The first-order chi connectivity index (χ1) is 27.4. The summed E-state index contributed by atoms with van der Waals surface area (Å²) in [5.74, 6) is 0.180. The highest BCUT2D eigenvalue weighted by Gasteiger charge is 2.36. The number of fused-ring (bicyclic) bond motifs is 2. The maximum Gasteiger partial charge on any atom is 0.247 e. The van der Waals surface area contributed by atoms with E-state index in [-0.39, 0.29) is 35.6 Å². The van der Waals surface area contributed by atoms with Gasteiger partial charge in [0.05, 0.1) is 24.1 Å². The summed E-state index contributed by atoms with van der Waals surface area (Å²) in [6.07, 6.45) is -0.247. The standard InChI is InChI=1S/C44H57N5O8S/c1-10-39(50)45-41(30-14-12-29(13-15-30)26-49(11-2)44(5,6)7)42(43(52)48(8)28(3)4)46-40(51)25-36(33-18-21-37-38(24-33)57-27-56-37)47-58(53,54)35-20-17-31-22-34(55-9)19-16-32(31)23-35/h12-24,28,36,41-42,47H,10-11,25-27H2,1-9H3,(H,45,50)(H,46,51)/t36-,41?,42-/m1/s1. The van der Waals surface area contributed by atoms with Gasteiger partial charge in [-0.2, -0.15) is 0 Å². The third kappa shape index (κ3) is 10.7. The second-order valence-electron chi connectivity index (χ2n) is 15.8. The van der Waals surface area contributed by atoms with Crippen molar-refractivity contribution >= 4 is 38.5 Å². The van der Waals surface area contributed by atoms with E-state index in [0.29, 0.717) is 40.3 Å². The van der Waals surface area contributed by atoms with Gasteiger partial charge in [-0.05, 0) is 105 Å². The fourth-order valence-electron chi connectivity index (χ4n) is 6.80. The van der Waals surface area contributed by atoms with Gasteiger partial charge in [0.15, 0.2) is 11.5 Å². The molecule has 0 aliphatic carbocycles. The van der Waals surface area contributed by atoms with E-state index in [2.05, 4.69) is 48.0 Å². The molecule has 0 radical (unpaired) electrons. The molecular formula is C44H57N5O8S. The van der Waals surface area contributed by atoms with E-state index in [1.807, 2.05) is 44.2 Å². The lowest BCUT2D eigenvalue weighted by molar-refractivity contribution is -0.138. The van der Waals surface area contributed by atoms with Gasteiger partial charge < -0.3 is 29.7 Å². The second-order valence-corrected chi connectivity index (χ2v) is 17.5. The van der Waals surface area contributed by atoms with Gasteiger partial charge >= 0.3 is 0 Å². The zero-order chi connectivity index (χ0) is 42.4. The summed E-state index contributed by atoms with van der Waals surface area (Å²) >= 11 is 0. The number of carbonyl (C=O) groups is 3. The fourth-order valence-corrected chi connectivity index (χ4v) is 8.06. The smallest absolute Gasteiger partial charge is 0.247 e. The van der Waals surface area contributed by atoms with Gasteiger partial charge in [-0.3, -0.25) is 19.3 Å². The molecular weight excluding hydrogens is 759 g/mol. The third-order valence-electron chi connectivity index (χ3n) is 10.5. The van der Waals surface area contributed by atoms with E-state index < -0.39 is 46.4 Å². The maximum absolute atomic E-state index is 14.3. The molecule has 4 aromatic carbocycles. The lowest BCUT2D eigenvalue weighted by atomic mass is 9.95. The van der Waals surface area contributed by atoms with E-state index in [9.17, 15) is 22.8 Å². The number of sulfonamides is 1. The van der Waals surface area contributed by atoms with Crippen LogP contribution in [-0.2, 0) is 31.0 Å². The summed E-state index contributed by atoms with van der Waals surface area (Å²) in [5.41, 5.74) is 2.07. The molecule has 13 nitrogen and oxygen atoms in total. The van der Waals surface area contributed by atoms with Crippen LogP contribution in [0.25, 0.3) is 10.8 Å². The Labute approximate surface area is 342 Å². The Hall–Kier alpha value is -5.18. The zero-order valence-electron chi connectivity index (χ0n) is 34.9. The highest BCUT2D eigenvalue weighted by atomic mass is 32.2. The van der Waals surface area contributed by atoms with Crippen LogP contribution in [0.5, 0.6) is 17.2 Å². The predicted molar refractivity (Wildman–Crippen MR) is 224 cm³/mol. The van der Waals surface area contributed by atoms with Crippen molar-refractivity contribution in [3.63, 3.8) is 0 Å². The Bertz CT molecular complexity index is 2200. The molecule has 312 valence electrons. The van der Waals surface area contributed by atoms with Crippen LogP contribution < -0.4 is 29.6 Å². The summed E-state index contributed by atoms with van der Waals surface area (Å²) in [5, 5.41) is 7.38. The van der Waals surface area contributed by atoms with Crippen molar-refractivity contribution in [2.75, 3.05) is 27.5 Å². The maximum atomic E-state index is 14.3. The number of hydrogen-bond acceptors (Lipinski definition) is 9. The van der Waals surface area contributed by atoms with Crippen LogP contribution in [0, 0.1) is 0 Å². The summed E-state index contributed by atoms with van der Waals surface area (Å²) in [7, 11) is -1.01. The molecule has 0 saturated heterocycles. The topological polar surface area (TPSA) is 156 Å². The Balaban J connectivity index is 1.49. The fraction of sp³-hybridized carbons (Fsp3) is 0.432. The van der Waals surface area contributed by atoms with Crippen LogP contribution >= 0.6 is 0 Å². The third-order valence-corrected chi connectivity index (χ3v) is 12.0. The molecule has 58 heavy (non-hydrogen) atoms. The Kier molecular flexibility index (Phi) is 14.1. The van der Waals surface area contributed by atoms with Crippen LogP contribution in [0.2, 0.25) is 0 Å². The van der Waals surface area contributed by atoms with E-state index in [1.165, 1.54) is 11.0 Å². The molecule has 3 N–H and O–H groups in total. The lowest BCUT2D eigenvalue weighted by Crippen LogP contribution is -2.56. The van der Waals surface area contributed by atoms with Gasteiger partial charge in [0.25, 0.3) is 0 Å². The van der Waals surface area contributed by atoms with Crippen molar-refractivity contribution in [1.29, 1.82) is 0 Å². The number of likely N-dealkylation sites (N-methyl/N-ethyl adjacent to an activating group) is 1. The minimum absolute atomic E-state index is 0.00160. The van der Waals surface area contributed by atoms with Crippen molar-refractivity contribution in [2.24, 2.45) is 0 Å². The average molecular weight is 816 g/mol. The van der Waals surface area contributed by atoms with Gasteiger partial charge in [-0.25, -0.2) is 13.1 Å². The molecule has 14 heteroatoms. The molecule has 5 rings (SSSR count). The van der Waals surface area contributed by atoms with E-state index in [1.54, 1.807) is 63.5 Å². The van der Waals surface area contributed by atoms with Gasteiger partial charge in [0.2, 0.25) is 34.5 Å². The van der Waals surface area contributed by atoms with E-state index >= 15 is 0 Å². The molecule has 1 unspecified atom stereocenters. The molecule has 0 fully saturated rings. The predicted octanol–water partition coefficient (Wildman–Crippen LogP) is 6.23. The Morgan fingerprint density at radius 1 is 0.828 bits per heavy atom. The first-order valence-electron chi connectivity index (χ1n) is 19.6.